The lowest BCUT2D eigenvalue weighted by Crippen LogP contribution is -2.29. The van der Waals surface area contributed by atoms with Gasteiger partial charge in [-0.2, -0.15) is 0 Å². The molecule has 0 radical (unpaired) electrons. The van der Waals surface area contributed by atoms with Crippen LogP contribution in [0.2, 0.25) is 0 Å². The van der Waals surface area contributed by atoms with Crippen LogP contribution in [0.3, 0.4) is 0 Å². The summed E-state index contributed by atoms with van der Waals surface area (Å²) in [5, 5.41) is 0. The van der Waals surface area contributed by atoms with E-state index >= 15 is 0 Å². The Morgan fingerprint density at radius 3 is 2.60 bits per heavy atom. The van der Waals surface area contributed by atoms with Crippen LogP contribution in [0.15, 0.2) is 30.3 Å². The molecule has 0 fully saturated rings. The van der Waals surface area contributed by atoms with Gasteiger partial charge in [0.15, 0.2) is 0 Å². The van der Waals surface area contributed by atoms with Gasteiger partial charge in [-0.05, 0) is 19.1 Å². The first-order valence-corrected chi connectivity index (χ1v) is 4.80. The van der Waals surface area contributed by atoms with Gasteiger partial charge >= 0.3 is 5.97 Å². The van der Waals surface area contributed by atoms with Gasteiger partial charge in [-0.3, -0.25) is 4.79 Å². The Morgan fingerprint density at radius 2 is 2.00 bits per heavy atom. The van der Waals surface area contributed by atoms with Crippen LogP contribution >= 0.6 is 0 Å². The van der Waals surface area contributed by atoms with Crippen molar-refractivity contribution in [2.75, 3.05) is 13.2 Å². The van der Waals surface area contributed by atoms with Crippen molar-refractivity contribution in [1.82, 2.24) is 0 Å². The molecule has 4 heteroatoms. The largest absolute Gasteiger partial charge is 0.490 e. The highest BCUT2D eigenvalue weighted by Crippen LogP contribution is 2.07. The molecule has 0 aliphatic carbocycles. The SMILES string of the molecule is C[C@@H](N)C(=O)OCCOc1ccccc1. The summed E-state index contributed by atoms with van der Waals surface area (Å²) >= 11 is 0. The van der Waals surface area contributed by atoms with Crippen LogP contribution in [0.25, 0.3) is 0 Å². The van der Waals surface area contributed by atoms with Gasteiger partial charge in [0, 0.05) is 0 Å². The van der Waals surface area contributed by atoms with Crippen LogP contribution in [-0.2, 0) is 9.53 Å². The zero-order valence-corrected chi connectivity index (χ0v) is 8.68. The summed E-state index contributed by atoms with van der Waals surface area (Å²) in [4.78, 5) is 11.0. The Labute approximate surface area is 89.0 Å². The minimum Gasteiger partial charge on any atom is -0.490 e. The monoisotopic (exact) mass is 209 g/mol. The van der Waals surface area contributed by atoms with Gasteiger partial charge < -0.3 is 15.2 Å². The van der Waals surface area contributed by atoms with Crippen molar-refractivity contribution < 1.29 is 14.3 Å². The highest BCUT2D eigenvalue weighted by molar-refractivity contribution is 5.74. The van der Waals surface area contributed by atoms with E-state index in [1.165, 1.54) is 0 Å². The maximum Gasteiger partial charge on any atom is 0.322 e. The summed E-state index contributed by atoms with van der Waals surface area (Å²) in [6.07, 6.45) is 0. The molecule has 1 rings (SSSR count). The Bertz CT molecular complexity index is 298. The molecule has 0 saturated heterocycles. The molecule has 0 amide bonds. The third kappa shape index (κ3) is 4.46. The summed E-state index contributed by atoms with van der Waals surface area (Å²) in [6, 6.07) is 8.76. The van der Waals surface area contributed by atoms with Crippen molar-refractivity contribution in [3.05, 3.63) is 30.3 Å². The third-order valence-corrected chi connectivity index (χ3v) is 1.71. The summed E-state index contributed by atoms with van der Waals surface area (Å²) in [7, 11) is 0. The summed E-state index contributed by atoms with van der Waals surface area (Å²) in [5.41, 5.74) is 5.31. The number of carbonyl (C=O) groups is 1. The molecule has 0 spiro atoms. The van der Waals surface area contributed by atoms with Gasteiger partial charge in [-0.25, -0.2) is 0 Å². The smallest absolute Gasteiger partial charge is 0.322 e. The fourth-order valence-electron chi connectivity index (χ4n) is 0.950. The van der Waals surface area contributed by atoms with Crippen molar-refractivity contribution in [2.45, 2.75) is 13.0 Å². The number of hydrogen-bond donors (Lipinski definition) is 1. The zero-order valence-electron chi connectivity index (χ0n) is 8.68. The Kier molecular flexibility index (Phi) is 4.63. The number of para-hydroxylation sites is 1. The number of ether oxygens (including phenoxy) is 2. The maximum absolute atomic E-state index is 11.0. The second kappa shape index (κ2) is 6.03. The van der Waals surface area contributed by atoms with Crippen molar-refractivity contribution >= 4 is 5.97 Å². The van der Waals surface area contributed by atoms with Crippen LogP contribution in [-0.4, -0.2) is 25.2 Å². The van der Waals surface area contributed by atoms with E-state index in [1.54, 1.807) is 6.92 Å². The van der Waals surface area contributed by atoms with Crippen LogP contribution < -0.4 is 10.5 Å². The van der Waals surface area contributed by atoms with Crippen LogP contribution in [0.4, 0.5) is 0 Å². The first-order valence-electron chi connectivity index (χ1n) is 4.80. The summed E-state index contributed by atoms with van der Waals surface area (Å²) in [5.74, 6) is 0.348. The molecular formula is C11H15NO3. The van der Waals surface area contributed by atoms with E-state index in [9.17, 15) is 4.79 Å². The Balaban J connectivity index is 2.15. The van der Waals surface area contributed by atoms with E-state index in [1.807, 2.05) is 30.3 Å². The fraction of sp³-hybridized carbons (Fsp3) is 0.364. The number of hydrogen-bond acceptors (Lipinski definition) is 4. The van der Waals surface area contributed by atoms with Gasteiger partial charge in [0.05, 0.1) is 0 Å². The van der Waals surface area contributed by atoms with Gasteiger partial charge in [0.25, 0.3) is 0 Å². The summed E-state index contributed by atoms with van der Waals surface area (Å²) in [6.45, 7) is 2.14. The molecule has 4 nitrogen and oxygen atoms in total. The number of rotatable bonds is 5. The summed E-state index contributed by atoms with van der Waals surface area (Å²) < 4.78 is 10.2. The van der Waals surface area contributed by atoms with Gasteiger partial charge in [0.1, 0.15) is 25.0 Å². The van der Waals surface area contributed by atoms with E-state index in [4.69, 9.17) is 15.2 Å². The molecule has 0 bridgehead atoms. The van der Waals surface area contributed by atoms with Gasteiger partial charge in [-0.1, -0.05) is 18.2 Å². The molecule has 0 unspecified atom stereocenters. The molecular weight excluding hydrogens is 194 g/mol. The minimum absolute atomic E-state index is 0.218. The molecule has 1 atom stereocenters. The second-order valence-corrected chi connectivity index (χ2v) is 3.12. The number of nitrogens with two attached hydrogens (primary N) is 1. The topological polar surface area (TPSA) is 61.6 Å². The predicted octanol–water partition coefficient (Wildman–Crippen LogP) is 0.956. The molecule has 1 aromatic rings. The molecule has 0 aliphatic heterocycles. The predicted molar refractivity (Wildman–Crippen MR) is 56.5 cm³/mol. The highest BCUT2D eigenvalue weighted by Gasteiger charge is 2.07. The first kappa shape index (κ1) is 11.5. The lowest BCUT2D eigenvalue weighted by Gasteiger charge is -2.08. The molecule has 2 N–H and O–H groups in total. The van der Waals surface area contributed by atoms with E-state index < -0.39 is 12.0 Å². The van der Waals surface area contributed by atoms with Gasteiger partial charge in [0.2, 0.25) is 0 Å². The molecule has 0 aromatic heterocycles. The maximum atomic E-state index is 11.0. The zero-order chi connectivity index (χ0) is 11.1. The quantitative estimate of drug-likeness (QED) is 0.579. The number of esters is 1. The molecule has 0 aliphatic rings. The average molecular weight is 209 g/mol. The van der Waals surface area contributed by atoms with Crippen molar-refractivity contribution in [3.8, 4) is 5.75 Å². The second-order valence-electron chi connectivity index (χ2n) is 3.12. The van der Waals surface area contributed by atoms with Crippen molar-refractivity contribution in [2.24, 2.45) is 5.73 Å². The fourth-order valence-corrected chi connectivity index (χ4v) is 0.950. The van der Waals surface area contributed by atoms with Crippen LogP contribution in [0.5, 0.6) is 5.75 Å². The lowest BCUT2D eigenvalue weighted by atomic mass is 10.3. The molecule has 0 heterocycles. The molecule has 1 aromatic carbocycles. The van der Waals surface area contributed by atoms with Crippen LogP contribution in [0.1, 0.15) is 6.92 Å². The van der Waals surface area contributed by atoms with E-state index in [0.717, 1.165) is 5.75 Å². The van der Waals surface area contributed by atoms with E-state index in [-0.39, 0.29) is 6.61 Å². The van der Waals surface area contributed by atoms with Crippen molar-refractivity contribution in [3.63, 3.8) is 0 Å². The third-order valence-electron chi connectivity index (χ3n) is 1.71. The minimum atomic E-state index is -0.582. The standard InChI is InChI=1S/C11H15NO3/c1-9(12)11(13)15-8-7-14-10-5-3-2-4-6-10/h2-6,9H,7-8,12H2,1H3/t9-/m1/s1. The normalized spacial score (nSPS) is 11.9. The number of benzene rings is 1. The first-order chi connectivity index (χ1) is 7.20. The average Bonchev–Trinajstić information content (AvgIpc) is 2.25. The molecule has 82 valence electrons. The van der Waals surface area contributed by atoms with E-state index in [2.05, 4.69) is 0 Å². The number of carbonyl (C=O) groups excluding carboxylic acids is 1. The lowest BCUT2D eigenvalue weighted by molar-refractivity contribution is -0.145. The van der Waals surface area contributed by atoms with Gasteiger partial charge in [-0.15, -0.1) is 0 Å². The van der Waals surface area contributed by atoms with E-state index in [0.29, 0.717) is 6.61 Å². The Hall–Kier alpha value is -1.55. The Morgan fingerprint density at radius 1 is 1.33 bits per heavy atom. The molecule has 0 saturated carbocycles. The highest BCUT2D eigenvalue weighted by atomic mass is 16.6. The molecule has 15 heavy (non-hydrogen) atoms. The van der Waals surface area contributed by atoms with Crippen molar-refractivity contribution in [1.29, 1.82) is 0 Å². The van der Waals surface area contributed by atoms with Crippen LogP contribution in [0, 0.1) is 0 Å².